The summed E-state index contributed by atoms with van der Waals surface area (Å²) in [5, 5.41) is 8.68. The van der Waals surface area contributed by atoms with Gasteiger partial charge in [0.05, 0.1) is 7.11 Å². The van der Waals surface area contributed by atoms with E-state index in [9.17, 15) is 4.79 Å². The molecule has 0 amide bonds. The van der Waals surface area contributed by atoms with Gasteiger partial charge in [0.1, 0.15) is 5.75 Å². The van der Waals surface area contributed by atoms with E-state index in [0.29, 0.717) is 6.42 Å². The fraction of sp³-hybridized carbons (Fsp3) is 0.500. The first-order valence-corrected chi connectivity index (χ1v) is 5.74. The van der Waals surface area contributed by atoms with Gasteiger partial charge in [0.15, 0.2) is 0 Å². The van der Waals surface area contributed by atoms with Crippen molar-refractivity contribution < 1.29 is 14.6 Å². The van der Waals surface area contributed by atoms with Crippen LogP contribution in [0.5, 0.6) is 5.75 Å². The number of methoxy groups -OCH3 is 1. The van der Waals surface area contributed by atoms with Crippen molar-refractivity contribution in [1.82, 2.24) is 0 Å². The summed E-state index contributed by atoms with van der Waals surface area (Å²) in [6.45, 7) is 6.35. The quantitative estimate of drug-likeness (QED) is 0.874. The van der Waals surface area contributed by atoms with Gasteiger partial charge in [-0.05, 0) is 29.0 Å². The fourth-order valence-electron chi connectivity index (χ4n) is 1.75. The van der Waals surface area contributed by atoms with Crippen molar-refractivity contribution >= 4 is 5.97 Å². The van der Waals surface area contributed by atoms with Gasteiger partial charge < -0.3 is 9.84 Å². The van der Waals surface area contributed by atoms with Gasteiger partial charge in [-0.15, -0.1) is 0 Å². The second kappa shape index (κ2) is 5.21. The molecule has 0 aliphatic rings. The predicted octanol–water partition coefficient (Wildman–Crippen LogP) is 3.01. The van der Waals surface area contributed by atoms with E-state index in [1.54, 1.807) is 7.11 Å². The molecule has 0 aliphatic heterocycles. The van der Waals surface area contributed by atoms with Gasteiger partial charge in [0.25, 0.3) is 0 Å². The topological polar surface area (TPSA) is 46.5 Å². The highest BCUT2D eigenvalue weighted by Gasteiger charge is 2.19. The van der Waals surface area contributed by atoms with Gasteiger partial charge in [0, 0.05) is 6.42 Å². The van der Waals surface area contributed by atoms with E-state index in [1.165, 1.54) is 0 Å². The van der Waals surface area contributed by atoms with Crippen LogP contribution >= 0.6 is 0 Å². The van der Waals surface area contributed by atoms with E-state index in [2.05, 4.69) is 20.8 Å². The Balaban J connectivity index is 3.01. The van der Waals surface area contributed by atoms with Gasteiger partial charge >= 0.3 is 5.97 Å². The molecule has 1 aromatic carbocycles. The van der Waals surface area contributed by atoms with Crippen LogP contribution in [0.2, 0.25) is 0 Å². The first-order chi connectivity index (χ1) is 7.84. The summed E-state index contributed by atoms with van der Waals surface area (Å²) >= 11 is 0. The molecule has 0 spiro atoms. The summed E-state index contributed by atoms with van der Waals surface area (Å²) in [6, 6.07) is 5.89. The highest BCUT2D eigenvalue weighted by molar-refractivity contribution is 5.67. The maximum absolute atomic E-state index is 10.6. The maximum Gasteiger partial charge on any atom is 0.303 e. The predicted molar refractivity (Wildman–Crippen MR) is 67.7 cm³/mol. The molecule has 0 fully saturated rings. The minimum atomic E-state index is -0.766. The third-order valence-electron chi connectivity index (χ3n) is 2.70. The monoisotopic (exact) mass is 236 g/mol. The van der Waals surface area contributed by atoms with Gasteiger partial charge in [-0.3, -0.25) is 4.79 Å². The average molecular weight is 236 g/mol. The average Bonchev–Trinajstić information content (AvgIpc) is 2.24. The van der Waals surface area contributed by atoms with E-state index >= 15 is 0 Å². The third-order valence-corrected chi connectivity index (χ3v) is 2.70. The number of rotatable bonds is 4. The van der Waals surface area contributed by atoms with Crippen LogP contribution in [0.25, 0.3) is 0 Å². The van der Waals surface area contributed by atoms with Crippen LogP contribution in [0.4, 0.5) is 0 Å². The number of ether oxygens (including phenoxy) is 1. The summed E-state index contributed by atoms with van der Waals surface area (Å²) in [6.07, 6.45) is 0.721. The lowest BCUT2D eigenvalue weighted by molar-refractivity contribution is -0.136. The summed E-state index contributed by atoms with van der Waals surface area (Å²) in [5.74, 6) is 0.0923. The highest BCUT2D eigenvalue weighted by Crippen LogP contribution is 2.32. The standard InChI is InChI=1S/C14H20O3/c1-14(2,3)11-9-10(6-8-13(15)16)5-7-12(11)17-4/h5,7,9H,6,8H2,1-4H3,(H,15,16). The Kier molecular flexibility index (Phi) is 4.16. The minimum absolute atomic E-state index is 0.00935. The number of aryl methyl sites for hydroxylation is 1. The van der Waals surface area contributed by atoms with Crippen LogP contribution < -0.4 is 4.74 Å². The first-order valence-electron chi connectivity index (χ1n) is 5.74. The van der Waals surface area contributed by atoms with E-state index in [0.717, 1.165) is 16.9 Å². The van der Waals surface area contributed by atoms with Crippen molar-refractivity contribution in [3.63, 3.8) is 0 Å². The Morgan fingerprint density at radius 2 is 2.00 bits per heavy atom. The number of carboxylic acids is 1. The summed E-state index contributed by atoms with van der Waals surface area (Å²) in [5.41, 5.74) is 2.14. The number of carboxylic acid groups (broad SMARTS) is 1. The summed E-state index contributed by atoms with van der Waals surface area (Å²) < 4.78 is 5.34. The van der Waals surface area contributed by atoms with Gasteiger partial charge in [-0.2, -0.15) is 0 Å². The molecule has 94 valence electrons. The molecule has 0 bridgehead atoms. The van der Waals surface area contributed by atoms with Gasteiger partial charge in [-0.25, -0.2) is 0 Å². The zero-order valence-corrected chi connectivity index (χ0v) is 10.9. The largest absolute Gasteiger partial charge is 0.496 e. The fourth-order valence-corrected chi connectivity index (χ4v) is 1.75. The van der Waals surface area contributed by atoms with E-state index in [4.69, 9.17) is 9.84 Å². The second-order valence-corrected chi connectivity index (χ2v) is 5.18. The molecule has 0 radical (unpaired) electrons. The Labute approximate surface area is 102 Å². The molecule has 0 saturated heterocycles. The third kappa shape index (κ3) is 3.77. The molecule has 0 aromatic heterocycles. The van der Waals surface area contributed by atoms with Crippen LogP contribution in [0.15, 0.2) is 18.2 Å². The first kappa shape index (κ1) is 13.6. The van der Waals surface area contributed by atoms with Crippen LogP contribution in [0, 0.1) is 0 Å². The molecule has 0 atom stereocenters. The SMILES string of the molecule is COc1ccc(CCC(=O)O)cc1C(C)(C)C. The van der Waals surface area contributed by atoms with E-state index < -0.39 is 5.97 Å². The molecule has 0 unspecified atom stereocenters. The lowest BCUT2D eigenvalue weighted by Gasteiger charge is -2.22. The molecular weight excluding hydrogens is 216 g/mol. The molecule has 0 aliphatic carbocycles. The Bertz CT molecular complexity index is 402. The normalized spacial score (nSPS) is 11.3. The van der Waals surface area contributed by atoms with Crippen molar-refractivity contribution in [3.8, 4) is 5.75 Å². The van der Waals surface area contributed by atoms with Crippen LogP contribution in [0.3, 0.4) is 0 Å². The van der Waals surface area contributed by atoms with Gasteiger partial charge in [0.2, 0.25) is 0 Å². The Hall–Kier alpha value is -1.51. The van der Waals surface area contributed by atoms with E-state index in [-0.39, 0.29) is 11.8 Å². The summed E-state index contributed by atoms with van der Waals surface area (Å²) in [7, 11) is 1.65. The molecule has 3 heteroatoms. The van der Waals surface area contributed by atoms with Crippen LogP contribution in [-0.4, -0.2) is 18.2 Å². The molecule has 3 nitrogen and oxygen atoms in total. The molecular formula is C14H20O3. The molecule has 1 aromatic rings. The minimum Gasteiger partial charge on any atom is -0.496 e. The Morgan fingerprint density at radius 1 is 1.35 bits per heavy atom. The van der Waals surface area contributed by atoms with Gasteiger partial charge in [-0.1, -0.05) is 32.9 Å². The molecule has 1 N–H and O–H groups in total. The molecule has 0 heterocycles. The number of benzene rings is 1. The number of hydrogen-bond acceptors (Lipinski definition) is 2. The summed E-state index contributed by atoms with van der Waals surface area (Å²) in [4.78, 5) is 10.6. The lowest BCUT2D eigenvalue weighted by atomic mass is 9.85. The number of hydrogen-bond donors (Lipinski definition) is 1. The van der Waals surface area contributed by atoms with Crippen molar-refractivity contribution in [2.45, 2.75) is 39.0 Å². The maximum atomic E-state index is 10.6. The number of carbonyl (C=O) groups is 1. The highest BCUT2D eigenvalue weighted by atomic mass is 16.5. The molecule has 0 saturated carbocycles. The van der Waals surface area contributed by atoms with E-state index in [1.807, 2.05) is 18.2 Å². The molecule has 1 rings (SSSR count). The zero-order chi connectivity index (χ0) is 13.1. The smallest absolute Gasteiger partial charge is 0.303 e. The number of aliphatic carboxylic acids is 1. The Morgan fingerprint density at radius 3 is 2.47 bits per heavy atom. The lowest BCUT2D eigenvalue weighted by Crippen LogP contribution is -2.13. The second-order valence-electron chi connectivity index (χ2n) is 5.18. The zero-order valence-electron chi connectivity index (χ0n) is 10.9. The van der Waals surface area contributed by atoms with Crippen LogP contribution in [0.1, 0.15) is 38.3 Å². The molecule has 17 heavy (non-hydrogen) atoms. The van der Waals surface area contributed by atoms with Crippen molar-refractivity contribution in [2.24, 2.45) is 0 Å². The van der Waals surface area contributed by atoms with Crippen molar-refractivity contribution in [3.05, 3.63) is 29.3 Å². The van der Waals surface area contributed by atoms with Crippen molar-refractivity contribution in [2.75, 3.05) is 7.11 Å². The van der Waals surface area contributed by atoms with Crippen LogP contribution in [-0.2, 0) is 16.6 Å². The van der Waals surface area contributed by atoms with Crippen molar-refractivity contribution in [1.29, 1.82) is 0 Å².